The first-order valence-corrected chi connectivity index (χ1v) is 8.98. The normalized spacial score (nSPS) is 16.0. The number of H-pyrrole nitrogens is 1. The fraction of sp³-hybridized carbons (Fsp3) is 0.350. The summed E-state index contributed by atoms with van der Waals surface area (Å²) in [5, 5.41) is 8.88. The van der Waals surface area contributed by atoms with Crippen LogP contribution in [0.2, 0.25) is 0 Å². The maximum absolute atomic E-state index is 12.2. The van der Waals surface area contributed by atoms with Gasteiger partial charge in [-0.25, -0.2) is 9.78 Å². The van der Waals surface area contributed by atoms with Crippen LogP contribution in [0.1, 0.15) is 24.0 Å². The minimum Gasteiger partial charge on any atom is -0.304 e. The summed E-state index contributed by atoms with van der Waals surface area (Å²) < 4.78 is 1.77. The summed E-state index contributed by atoms with van der Waals surface area (Å²) in [6.45, 7) is 3.68. The fourth-order valence-electron chi connectivity index (χ4n) is 3.69. The number of nitriles is 1. The van der Waals surface area contributed by atoms with Gasteiger partial charge in [-0.05, 0) is 61.7 Å². The van der Waals surface area contributed by atoms with E-state index in [4.69, 9.17) is 5.26 Å². The van der Waals surface area contributed by atoms with Gasteiger partial charge in [0.05, 0.1) is 17.1 Å². The molecule has 0 amide bonds. The summed E-state index contributed by atoms with van der Waals surface area (Å²) in [6.07, 6.45) is 3.87. The minimum atomic E-state index is -0.0706. The van der Waals surface area contributed by atoms with E-state index in [9.17, 15) is 4.79 Å². The van der Waals surface area contributed by atoms with Crippen LogP contribution in [0.5, 0.6) is 0 Å². The van der Waals surface area contributed by atoms with Gasteiger partial charge in [0.1, 0.15) is 0 Å². The minimum absolute atomic E-state index is 0.0706. The molecule has 1 saturated heterocycles. The summed E-state index contributed by atoms with van der Waals surface area (Å²) in [7, 11) is 0. The van der Waals surface area contributed by atoms with Crippen LogP contribution in [-0.4, -0.2) is 32.5 Å². The highest BCUT2D eigenvalue weighted by Gasteiger charge is 2.21. The van der Waals surface area contributed by atoms with Crippen molar-refractivity contribution >= 4 is 11.2 Å². The molecule has 0 spiro atoms. The molecule has 0 atom stereocenters. The van der Waals surface area contributed by atoms with Crippen molar-refractivity contribution < 1.29 is 0 Å². The number of nitrogens with zero attached hydrogens (tertiary/aromatic N) is 4. The van der Waals surface area contributed by atoms with Gasteiger partial charge in [-0.2, -0.15) is 5.26 Å². The third-order valence-electron chi connectivity index (χ3n) is 5.17. The first kappa shape index (κ1) is 16.6. The van der Waals surface area contributed by atoms with Gasteiger partial charge in [-0.3, -0.25) is 9.47 Å². The molecule has 3 heterocycles. The Morgan fingerprint density at radius 1 is 1.19 bits per heavy atom. The second-order valence-electron chi connectivity index (χ2n) is 6.94. The van der Waals surface area contributed by atoms with Crippen LogP contribution < -0.4 is 5.69 Å². The van der Waals surface area contributed by atoms with Gasteiger partial charge in [0.15, 0.2) is 5.65 Å². The number of aromatic nitrogens is 3. The van der Waals surface area contributed by atoms with E-state index >= 15 is 0 Å². The summed E-state index contributed by atoms with van der Waals surface area (Å²) in [6, 6.07) is 13.7. The van der Waals surface area contributed by atoms with E-state index in [-0.39, 0.29) is 5.69 Å². The third-order valence-corrected chi connectivity index (χ3v) is 5.17. The van der Waals surface area contributed by atoms with Gasteiger partial charge in [0.25, 0.3) is 0 Å². The number of fused-ring (bicyclic) bond motifs is 1. The third kappa shape index (κ3) is 3.39. The zero-order chi connectivity index (χ0) is 17.9. The molecular formula is C20H21N5O. The van der Waals surface area contributed by atoms with Gasteiger partial charge in [-0.1, -0.05) is 12.1 Å². The number of hydrogen-bond donors (Lipinski definition) is 1. The van der Waals surface area contributed by atoms with E-state index in [1.54, 1.807) is 10.8 Å². The Bertz CT molecular complexity index is 987. The SMILES string of the molecule is N#Cc1ccc(CN2CCC(Cn3c(=O)[nH]c4cccnc43)CC2)cc1. The molecule has 26 heavy (non-hydrogen) atoms. The molecule has 1 aromatic carbocycles. The predicted molar refractivity (Wildman–Crippen MR) is 99.5 cm³/mol. The standard InChI is InChI=1S/C20H21N5O/c21-12-15-3-5-16(6-4-15)13-24-10-7-17(8-11-24)14-25-19-18(23-20(25)26)2-1-9-22-19/h1-6,9,17H,7-8,10-11,13-14H2,(H,23,26). The number of hydrogen-bond acceptors (Lipinski definition) is 4. The number of piperidine rings is 1. The predicted octanol–water partition coefficient (Wildman–Crippen LogP) is 2.51. The van der Waals surface area contributed by atoms with E-state index < -0.39 is 0 Å². The van der Waals surface area contributed by atoms with Crippen LogP contribution in [-0.2, 0) is 13.1 Å². The highest BCUT2D eigenvalue weighted by Crippen LogP contribution is 2.21. The molecule has 6 heteroatoms. The van der Waals surface area contributed by atoms with Crippen LogP contribution in [0, 0.1) is 17.2 Å². The monoisotopic (exact) mass is 347 g/mol. The number of nitrogens with one attached hydrogen (secondary N) is 1. The van der Waals surface area contributed by atoms with E-state index in [1.165, 1.54) is 5.56 Å². The highest BCUT2D eigenvalue weighted by molar-refractivity contribution is 5.69. The van der Waals surface area contributed by atoms with Crippen molar-refractivity contribution in [3.63, 3.8) is 0 Å². The van der Waals surface area contributed by atoms with Crippen molar-refractivity contribution in [1.29, 1.82) is 5.26 Å². The molecule has 6 nitrogen and oxygen atoms in total. The van der Waals surface area contributed by atoms with E-state index in [1.807, 2.05) is 36.4 Å². The first-order chi connectivity index (χ1) is 12.7. The van der Waals surface area contributed by atoms with Crippen LogP contribution >= 0.6 is 0 Å². The van der Waals surface area contributed by atoms with Crippen LogP contribution in [0.15, 0.2) is 47.4 Å². The Balaban J connectivity index is 1.36. The van der Waals surface area contributed by atoms with Gasteiger partial charge in [-0.15, -0.1) is 0 Å². The topological polar surface area (TPSA) is 77.7 Å². The summed E-state index contributed by atoms with van der Waals surface area (Å²) in [4.78, 5) is 21.9. The smallest absolute Gasteiger partial charge is 0.304 e. The summed E-state index contributed by atoms with van der Waals surface area (Å²) >= 11 is 0. The molecule has 0 radical (unpaired) electrons. The first-order valence-electron chi connectivity index (χ1n) is 8.98. The largest absolute Gasteiger partial charge is 0.327 e. The van der Waals surface area contributed by atoms with Crippen molar-refractivity contribution in [2.45, 2.75) is 25.9 Å². The van der Waals surface area contributed by atoms with Gasteiger partial charge in [0, 0.05) is 19.3 Å². The number of pyridine rings is 1. The molecule has 1 fully saturated rings. The second-order valence-corrected chi connectivity index (χ2v) is 6.94. The molecule has 0 bridgehead atoms. The summed E-state index contributed by atoms with van der Waals surface area (Å²) in [5.41, 5.74) is 3.41. The zero-order valence-electron chi connectivity index (χ0n) is 14.6. The Labute approximate surface area is 151 Å². The van der Waals surface area contributed by atoms with E-state index in [0.717, 1.165) is 50.2 Å². The van der Waals surface area contributed by atoms with Crippen molar-refractivity contribution in [3.05, 3.63) is 64.2 Å². The fourth-order valence-corrected chi connectivity index (χ4v) is 3.69. The second kappa shape index (κ2) is 7.14. The van der Waals surface area contributed by atoms with Crippen molar-refractivity contribution in [1.82, 2.24) is 19.4 Å². The van der Waals surface area contributed by atoms with Crippen molar-refractivity contribution in [2.75, 3.05) is 13.1 Å². The van der Waals surface area contributed by atoms with E-state index in [0.29, 0.717) is 11.5 Å². The lowest BCUT2D eigenvalue weighted by Gasteiger charge is -2.32. The van der Waals surface area contributed by atoms with Crippen LogP contribution in [0.4, 0.5) is 0 Å². The van der Waals surface area contributed by atoms with Crippen molar-refractivity contribution in [3.8, 4) is 6.07 Å². The lowest BCUT2D eigenvalue weighted by atomic mass is 9.96. The molecule has 1 N–H and O–H groups in total. The molecule has 0 saturated carbocycles. The molecule has 1 aliphatic heterocycles. The Kier molecular flexibility index (Phi) is 4.55. The molecule has 0 unspecified atom stereocenters. The van der Waals surface area contributed by atoms with Crippen LogP contribution in [0.25, 0.3) is 11.2 Å². The molecule has 0 aliphatic carbocycles. The quantitative estimate of drug-likeness (QED) is 0.787. The average Bonchev–Trinajstić information content (AvgIpc) is 2.99. The van der Waals surface area contributed by atoms with Crippen LogP contribution in [0.3, 0.4) is 0 Å². The zero-order valence-corrected chi connectivity index (χ0v) is 14.6. The molecule has 1 aliphatic rings. The molecular weight excluding hydrogens is 326 g/mol. The molecule has 2 aromatic heterocycles. The molecule has 132 valence electrons. The Hall–Kier alpha value is -2.91. The van der Waals surface area contributed by atoms with Gasteiger partial charge >= 0.3 is 5.69 Å². The lowest BCUT2D eigenvalue weighted by Crippen LogP contribution is -2.35. The van der Waals surface area contributed by atoms with Gasteiger partial charge < -0.3 is 4.98 Å². The number of benzene rings is 1. The average molecular weight is 347 g/mol. The Morgan fingerprint density at radius 2 is 1.96 bits per heavy atom. The van der Waals surface area contributed by atoms with E-state index in [2.05, 4.69) is 20.9 Å². The molecule has 4 rings (SSSR count). The van der Waals surface area contributed by atoms with Crippen molar-refractivity contribution in [2.24, 2.45) is 5.92 Å². The highest BCUT2D eigenvalue weighted by atomic mass is 16.1. The number of rotatable bonds is 4. The molecule has 3 aromatic rings. The maximum Gasteiger partial charge on any atom is 0.327 e. The number of likely N-dealkylation sites (tertiary alicyclic amines) is 1. The Morgan fingerprint density at radius 3 is 2.69 bits per heavy atom. The number of aromatic amines is 1. The summed E-state index contributed by atoms with van der Waals surface area (Å²) in [5.74, 6) is 0.492. The number of imidazole rings is 1. The van der Waals surface area contributed by atoms with Gasteiger partial charge in [0.2, 0.25) is 0 Å². The lowest BCUT2D eigenvalue weighted by molar-refractivity contribution is 0.167. The maximum atomic E-state index is 12.2.